The van der Waals surface area contributed by atoms with E-state index in [1.165, 1.54) is 17.8 Å². The molecule has 3 heterocycles. The van der Waals surface area contributed by atoms with Gasteiger partial charge in [-0.2, -0.15) is 20.3 Å². The second-order valence-corrected chi connectivity index (χ2v) is 11.1. The van der Waals surface area contributed by atoms with Crippen LogP contribution in [0.3, 0.4) is 0 Å². The quantitative estimate of drug-likeness (QED) is 0.205. The van der Waals surface area contributed by atoms with Crippen LogP contribution in [0.4, 0.5) is 5.95 Å². The van der Waals surface area contributed by atoms with Crippen LogP contribution >= 0.6 is 7.75 Å². The number of benzene rings is 1. The summed E-state index contributed by atoms with van der Waals surface area (Å²) in [4.78, 5) is 24.9. The van der Waals surface area contributed by atoms with Gasteiger partial charge in [0, 0.05) is 0 Å². The van der Waals surface area contributed by atoms with Gasteiger partial charge in [-0.1, -0.05) is 18.2 Å². The van der Waals surface area contributed by atoms with Gasteiger partial charge in [-0.25, -0.2) is 9.55 Å². The number of nitrogens with zero attached hydrogens (tertiary/aromatic N) is 5. The number of nitrogens with one attached hydrogen (secondary N) is 1. The van der Waals surface area contributed by atoms with Gasteiger partial charge < -0.3 is 29.6 Å². The van der Waals surface area contributed by atoms with Gasteiger partial charge in [0.15, 0.2) is 17.4 Å². The molecule has 6 atom stereocenters. The van der Waals surface area contributed by atoms with E-state index in [2.05, 4.69) is 20.0 Å². The minimum absolute atomic E-state index is 0.0789. The summed E-state index contributed by atoms with van der Waals surface area (Å²) in [6.45, 7) is 6.44. The number of ether oxygens (including phenoxy) is 3. The van der Waals surface area contributed by atoms with E-state index in [-0.39, 0.29) is 23.2 Å². The molecule has 41 heavy (non-hydrogen) atoms. The van der Waals surface area contributed by atoms with Crippen molar-refractivity contribution in [1.29, 1.82) is 5.26 Å². The number of fused-ring (bicyclic) bond motifs is 1. The van der Waals surface area contributed by atoms with Crippen molar-refractivity contribution in [2.75, 3.05) is 18.9 Å². The van der Waals surface area contributed by atoms with Crippen LogP contribution < -0.4 is 20.1 Å². The van der Waals surface area contributed by atoms with E-state index >= 15 is 0 Å². The van der Waals surface area contributed by atoms with E-state index in [4.69, 9.17) is 29.0 Å². The molecule has 1 aliphatic rings. The van der Waals surface area contributed by atoms with Gasteiger partial charge in [-0.3, -0.25) is 13.9 Å². The predicted molar refractivity (Wildman–Crippen MR) is 144 cm³/mol. The lowest BCUT2D eigenvalue weighted by atomic mass is 10.0. The van der Waals surface area contributed by atoms with E-state index in [1.54, 1.807) is 51.1 Å². The number of nitrogens with two attached hydrogens (primary N) is 1. The number of carbonyl (C=O) groups is 1. The molecule has 1 fully saturated rings. The molecule has 4 rings (SSSR count). The molecule has 220 valence electrons. The van der Waals surface area contributed by atoms with Crippen molar-refractivity contribution in [3.8, 4) is 17.7 Å². The third-order valence-electron chi connectivity index (χ3n) is 5.92. The van der Waals surface area contributed by atoms with E-state index in [0.29, 0.717) is 12.1 Å². The van der Waals surface area contributed by atoms with E-state index in [9.17, 15) is 19.7 Å². The maximum Gasteiger partial charge on any atom is 0.459 e. The normalized spacial score (nSPS) is 22.7. The number of aromatic nitrogens is 4. The summed E-state index contributed by atoms with van der Waals surface area (Å²) < 4.78 is 43.2. The zero-order valence-corrected chi connectivity index (χ0v) is 23.8. The third-order valence-corrected chi connectivity index (χ3v) is 7.56. The highest BCUT2D eigenvalue weighted by Crippen LogP contribution is 2.46. The van der Waals surface area contributed by atoms with Crippen LogP contribution in [0, 0.1) is 17.2 Å². The second kappa shape index (κ2) is 12.8. The zero-order chi connectivity index (χ0) is 29.7. The monoisotopic (exact) mass is 589 g/mol. The molecule has 15 nitrogen and oxygen atoms in total. The molecule has 0 aliphatic carbocycles. The number of hydrogen-bond donors (Lipinski definition) is 3. The molecular formula is C25H32N7O8P. The molecular weight excluding hydrogens is 557 g/mol. The lowest BCUT2D eigenvalue weighted by molar-refractivity contribution is -0.149. The molecule has 1 unspecified atom stereocenters. The van der Waals surface area contributed by atoms with Crippen molar-refractivity contribution in [2.45, 2.75) is 58.3 Å². The van der Waals surface area contributed by atoms with E-state index in [0.717, 1.165) is 0 Å². The lowest BCUT2D eigenvalue weighted by Gasteiger charge is -2.25. The number of para-hydroxylation sites is 1. The Morgan fingerprint density at radius 3 is 2.68 bits per heavy atom. The highest BCUT2D eigenvalue weighted by molar-refractivity contribution is 7.52. The first kappa shape index (κ1) is 30.2. The van der Waals surface area contributed by atoms with Crippen LogP contribution in [0.25, 0.3) is 11.2 Å². The highest BCUT2D eigenvalue weighted by Gasteiger charge is 2.47. The topological polar surface area (TPSA) is 206 Å². The van der Waals surface area contributed by atoms with E-state index < -0.39 is 56.8 Å². The molecule has 0 saturated carbocycles. The number of aliphatic hydroxyl groups is 1. The standard InChI is InChI=1S/C25H32N7O8P/c1-5-36-22-19-21(29-25(27)30-22)32(13-28-19)23-17(11-26)20(33)18(39-23)12-37-41(35,40-16-9-7-6-8-10-16)31-15(4)24(34)38-14(2)3/h6-10,13-15,17-18,20,23,33H,5,12H2,1-4H3,(H,31,35)(H2,27,29,30)/t15-,17-,18-,20+,23-,41?/m1/s1. The summed E-state index contributed by atoms with van der Waals surface area (Å²) in [5.74, 6) is -1.46. The maximum atomic E-state index is 13.8. The van der Waals surface area contributed by atoms with Crippen LogP contribution in [-0.4, -0.2) is 68.2 Å². The number of imidazole rings is 1. The van der Waals surface area contributed by atoms with Gasteiger partial charge in [0.2, 0.25) is 11.8 Å². The molecule has 0 bridgehead atoms. The van der Waals surface area contributed by atoms with Crippen molar-refractivity contribution in [3.05, 3.63) is 36.7 Å². The average Bonchev–Trinajstić information content (AvgIpc) is 3.47. The average molecular weight is 590 g/mol. The van der Waals surface area contributed by atoms with Crippen LogP contribution in [0.2, 0.25) is 0 Å². The molecule has 0 amide bonds. The summed E-state index contributed by atoms with van der Waals surface area (Å²) in [7, 11) is -4.24. The molecule has 1 aromatic carbocycles. The second-order valence-electron chi connectivity index (χ2n) is 9.39. The fourth-order valence-electron chi connectivity index (χ4n) is 4.10. The zero-order valence-electron chi connectivity index (χ0n) is 22.9. The van der Waals surface area contributed by atoms with Gasteiger partial charge in [-0.05, 0) is 39.8 Å². The van der Waals surface area contributed by atoms with Gasteiger partial charge in [0.1, 0.15) is 29.9 Å². The Balaban J connectivity index is 1.56. The molecule has 2 aromatic heterocycles. The predicted octanol–water partition coefficient (Wildman–Crippen LogP) is 2.34. The molecule has 1 saturated heterocycles. The SMILES string of the molecule is CCOc1nc(N)nc2c1ncn2[C@@H]1O[C@H](COP(=O)(N[C@H](C)C(=O)OC(C)C)Oc2ccccc2)[C@@H](O)[C@H]1C#N. The summed E-state index contributed by atoms with van der Waals surface area (Å²) in [5, 5.41) is 23.4. The minimum atomic E-state index is -4.24. The number of hydrogen-bond acceptors (Lipinski definition) is 13. The maximum absolute atomic E-state index is 13.8. The fraction of sp³-hybridized carbons (Fsp3) is 0.480. The molecule has 1 aliphatic heterocycles. The Morgan fingerprint density at radius 2 is 2.02 bits per heavy atom. The van der Waals surface area contributed by atoms with Crippen molar-refractivity contribution < 1.29 is 37.7 Å². The number of rotatable bonds is 12. The summed E-state index contributed by atoms with van der Waals surface area (Å²) >= 11 is 0. The Labute approximate surface area is 236 Å². The first-order valence-electron chi connectivity index (χ1n) is 12.9. The largest absolute Gasteiger partial charge is 0.476 e. The lowest BCUT2D eigenvalue weighted by Crippen LogP contribution is -2.37. The van der Waals surface area contributed by atoms with Gasteiger partial charge in [-0.15, -0.1) is 0 Å². The number of nitrogen functional groups attached to an aromatic ring is 1. The number of nitriles is 1. The first-order valence-corrected chi connectivity index (χ1v) is 14.4. The van der Waals surface area contributed by atoms with E-state index in [1.807, 2.05) is 6.07 Å². The molecule has 3 aromatic rings. The van der Waals surface area contributed by atoms with Crippen molar-refractivity contribution in [2.24, 2.45) is 5.92 Å². The van der Waals surface area contributed by atoms with Gasteiger partial charge in [0.25, 0.3) is 0 Å². The molecule has 16 heteroatoms. The number of aliphatic hydroxyl groups excluding tert-OH is 1. The number of anilines is 1. The Kier molecular flexibility index (Phi) is 9.42. The van der Waals surface area contributed by atoms with Crippen LogP contribution in [0.1, 0.15) is 33.9 Å². The Morgan fingerprint density at radius 1 is 1.29 bits per heavy atom. The minimum Gasteiger partial charge on any atom is -0.476 e. The van der Waals surface area contributed by atoms with Gasteiger partial charge >= 0.3 is 13.7 Å². The highest BCUT2D eigenvalue weighted by atomic mass is 31.2. The summed E-state index contributed by atoms with van der Waals surface area (Å²) in [5.41, 5.74) is 6.37. The fourth-order valence-corrected chi connectivity index (χ4v) is 5.60. The molecule has 0 spiro atoms. The Hall–Kier alpha value is -3.80. The van der Waals surface area contributed by atoms with Gasteiger partial charge in [0.05, 0.1) is 31.7 Å². The van der Waals surface area contributed by atoms with Crippen LogP contribution in [-0.2, 0) is 23.4 Å². The molecule has 0 radical (unpaired) electrons. The third kappa shape index (κ3) is 6.92. The van der Waals surface area contributed by atoms with Crippen molar-refractivity contribution in [3.63, 3.8) is 0 Å². The van der Waals surface area contributed by atoms with Crippen molar-refractivity contribution >= 4 is 30.8 Å². The summed E-state index contributed by atoms with van der Waals surface area (Å²) in [6.07, 6.45) is -2.56. The Bertz CT molecular complexity index is 1450. The van der Waals surface area contributed by atoms with Crippen LogP contribution in [0.5, 0.6) is 11.6 Å². The van der Waals surface area contributed by atoms with Crippen LogP contribution in [0.15, 0.2) is 36.7 Å². The summed E-state index contributed by atoms with van der Waals surface area (Å²) in [6, 6.07) is 9.19. The number of carbonyl (C=O) groups excluding carboxylic acids is 1. The van der Waals surface area contributed by atoms with Crippen molar-refractivity contribution in [1.82, 2.24) is 24.6 Å². The smallest absolute Gasteiger partial charge is 0.459 e. The first-order chi connectivity index (χ1) is 19.5. The number of esters is 1. The molecule has 4 N–H and O–H groups in total.